The molecule has 180 valence electrons. The maximum absolute atomic E-state index is 13.2. The van der Waals surface area contributed by atoms with Gasteiger partial charge in [0.15, 0.2) is 0 Å². The molecule has 0 unspecified atom stereocenters. The molecule has 8 heteroatoms. The van der Waals surface area contributed by atoms with Gasteiger partial charge in [0.1, 0.15) is 5.75 Å². The Morgan fingerprint density at radius 1 is 1.15 bits per heavy atom. The van der Waals surface area contributed by atoms with Gasteiger partial charge in [0.25, 0.3) is 5.56 Å². The molecule has 34 heavy (non-hydrogen) atoms. The first-order valence-electron chi connectivity index (χ1n) is 11.8. The van der Waals surface area contributed by atoms with E-state index in [4.69, 9.17) is 9.47 Å². The zero-order chi connectivity index (χ0) is 23.8. The van der Waals surface area contributed by atoms with Gasteiger partial charge in [-0.05, 0) is 49.7 Å². The number of hydrogen-bond acceptors (Lipinski definition) is 5. The zero-order valence-corrected chi connectivity index (χ0v) is 19.6. The molecule has 1 aliphatic heterocycles. The van der Waals surface area contributed by atoms with E-state index in [0.29, 0.717) is 18.7 Å². The second-order valence-electron chi connectivity index (χ2n) is 8.33. The number of H-pyrrole nitrogens is 1. The van der Waals surface area contributed by atoms with E-state index in [1.54, 1.807) is 4.90 Å². The summed E-state index contributed by atoms with van der Waals surface area (Å²) in [6, 6.07) is 16.6. The third-order valence-corrected chi connectivity index (χ3v) is 5.88. The predicted molar refractivity (Wildman–Crippen MR) is 133 cm³/mol. The third kappa shape index (κ3) is 6.36. The van der Waals surface area contributed by atoms with Crippen LogP contribution in [0.15, 0.2) is 59.4 Å². The van der Waals surface area contributed by atoms with E-state index < -0.39 is 0 Å². The summed E-state index contributed by atoms with van der Waals surface area (Å²) in [4.78, 5) is 33.0. The SMILES string of the molecule is CCOc1ccc2[nH]c(=O)c(CN(CCCN3CCOCC3)C(=O)Nc3ccccc3)cc2c1. The van der Waals surface area contributed by atoms with E-state index in [-0.39, 0.29) is 18.1 Å². The highest BCUT2D eigenvalue weighted by atomic mass is 16.5. The minimum Gasteiger partial charge on any atom is -0.494 e. The number of aromatic nitrogens is 1. The highest BCUT2D eigenvalue weighted by molar-refractivity contribution is 5.89. The number of anilines is 1. The Kier molecular flexibility index (Phi) is 8.17. The number of hydrogen-bond donors (Lipinski definition) is 2. The molecule has 8 nitrogen and oxygen atoms in total. The van der Waals surface area contributed by atoms with Crippen molar-refractivity contribution < 1.29 is 14.3 Å². The predicted octanol–water partition coefficient (Wildman–Crippen LogP) is 3.68. The summed E-state index contributed by atoms with van der Waals surface area (Å²) in [6.07, 6.45) is 0.808. The molecule has 2 heterocycles. The van der Waals surface area contributed by atoms with Crippen molar-refractivity contribution in [2.24, 2.45) is 0 Å². The minimum absolute atomic E-state index is 0.192. The van der Waals surface area contributed by atoms with Gasteiger partial charge in [0.2, 0.25) is 0 Å². The molecule has 1 saturated heterocycles. The van der Waals surface area contributed by atoms with Crippen LogP contribution in [0.25, 0.3) is 10.9 Å². The quantitative estimate of drug-likeness (QED) is 0.505. The van der Waals surface area contributed by atoms with Crippen LogP contribution in [0.1, 0.15) is 18.9 Å². The monoisotopic (exact) mass is 464 g/mol. The van der Waals surface area contributed by atoms with Gasteiger partial charge >= 0.3 is 6.03 Å². The van der Waals surface area contributed by atoms with Gasteiger partial charge in [-0.3, -0.25) is 9.69 Å². The Bertz CT molecular complexity index is 1140. The first-order chi connectivity index (χ1) is 16.6. The second kappa shape index (κ2) is 11.7. The van der Waals surface area contributed by atoms with E-state index in [1.165, 1.54) is 0 Å². The van der Waals surface area contributed by atoms with Crippen molar-refractivity contribution in [3.63, 3.8) is 0 Å². The van der Waals surface area contributed by atoms with Crippen LogP contribution in [0.2, 0.25) is 0 Å². The number of amides is 2. The average Bonchev–Trinajstić information content (AvgIpc) is 2.85. The molecule has 3 aromatic rings. The molecule has 0 saturated carbocycles. The van der Waals surface area contributed by atoms with Crippen molar-refractivity contribution in [1.82, 2.24) is 14.8 Å². The number of urea groups is 1. The molecule has 2 N–H and O–H groups in total. The lowest BCUT2D eigenvalue weighted by Crippen LogP contribution is -2.40. The summed E-state index contributed by atoms with van der Waals surface area (Å²) in [6.45, 7) is 7.43. The number of rotatable bonds is 9. The number of nitrogens with zero attached hydrogens (tertiary/aromatic N) is 2. The van der Waals surface area contributed by atoms with E-state index in [9.17, 15) is 9.59 Å². The molecule has 1 aliphatic rings. The lowest BCUT2D eigenvalue weighted by Gasteiger charge is -2.28. The van der Waals surface area contributed by atoms with Crippen LogP contribution >= 0.6 is 0 Å². The van der Waals surface area contributed by atoms with Gasteiger partial charge in [0.05, 0.1) is 26.4 Å². The van der Waals surface area contributed by atoms with E-state index in [2.05, 4.69) is 15.2 Å². The van der Waals surface area contributed by atoms with Gasteiger partial charge in [-0.15, -0.1) is 0 Å². The van der Waals surface area contributed by atoms with E-state index >= 15 is 0 Å². The van der Waals surface area contributed by atoms with Crippen molar-refractivity contribution in [2.75, 3.05) is 51.3 Å². The maximum Gasteiger partial charge on any atom is 0.322 e. The smallest absolute Gasteiger partial charge is 0.322 e. The van der Waals surface area contributed by atoms with E-state index in [1.807, 2.05) is 61.5 Å². The fourth-order valence-electron chi connectivity index (χ4n) is 4.10. The molecule has 0 radical (unpaired) electrons. The number of aromatic amines is 1. The number of carbonyl (C=O) groups excluding carboxylic acids is 1. The first kappa shape index (κ1) is 23.8. The van der Waals surface area contributed by atoms with Crippen molar-refractivity contribution in [3.05, 3.63) is 70.5 Å². The lowest BCUT2D eigenvalue weighted by atomic mass is 10.1. The van der Waals surface area contributed by atoms with Crippen molar-refractivity contribution in [3.8, 4) is 5.75 Å². The number of para-hydroxylation sites is 1. The Balaban J connectivity index is 1.52. The standard InChI is InChI=1S/C26H32N4O4/c1-2-34-23-9-10-24-20(18-23)17-21(25(31)28-24)19-30(12-6-11-29-13-15-33-16-14-29)26(32)27-22-7-4-3-5-8-22/h3-5,7-10,17-18H,2,6,11-16,19H2,1H3,(H,27,32)(H,28,31). The van der Waals surface area contributed by atoms with Crippen LogP contribution in [-0.4, -0.2) is 66.8 Å². The average molecular weight is 465 g/mol. The van der Waals surface area contributed by atoms with Crippen LogP contribution in [0.3, 0.4) is 0 Å². The van der Waals surface area contributed by atoms with Gasteiger partial charge in [-0.2, -0.15) is 0 Å². The molecule has 2 amide bonds. The number of ether oxygens (including phenoxy) is 2. The molecule has 0 spiro atoms. The number of nitrogens with one attached hydrogen (secondary N) is 2. The Labute approximate surface area is 199 Å². The fraction of sp³-hybridized carbons (Fsp3) is 0.385. The lowest BCUT2D eigenvalue weighted by molar-refractivity contribution is 0.0365. The molecule has 0 atom stereocenters. The van der Waals surface area contributed by atoms with Crippen LogP contribution < -0.4 is 15.6 Å². The zero-order valence-electron chi connectivity index (χ0n) is 19.6. The molecule has 4 rings (SSSR count). The highest BCUT2D eigenvalue weighted by Crippen LogP contribution is 2.20. The first-order valence-corrected chi connectivity index (χ1v) is 11.8. The van der Waals surface area contributed by atoms with Crippen LogP contribution in [-0.2, 0) is 11.3 Å². The van der Waals surface area contributed by atoms with Crippen LogP contribution in [0.4, 0.5) is 10.5 Å². The Morgan fingerprint density at radius 2 is 1.94 bits per heavy atom. The summed E-state index contributed by atoms with van der Waals surface area (Å²) in [5.41, 5.74) is 1.81. The number of fused-ring (bicyclic) bond motifs is 1. The van der Waals surface area contributed by atoms with E-state index in [0.717, 1.165) is 61.6 Å². The molecule has 0 bridgehead atoms. The van der Waals surface area contributed by atoms with Crippen molar-refractivity contribution in [1.29, 1.82) is 0 Å². The molecular weight excluding hydrogens is 432 g/mol. The third-order valence-electron chi connectivity index (χ3n) is 5.88. The number of carbonyl (C=O) groups is 1. The van der Waals surface area contributed by atoms with Gasteiger partial charge in [-0.1, -0.05) is 18.2 Å². The summed E-state index contributed by atoms with van der Waals surface area (Å²) < 4.78 is 11.0. The number of pyridine rings is 1. The highest BCUT2D eigenvalue weighted by Gasteiger charge is 2.18. The largest absolute Gasteiger partial charge is 0.494 e. The van der Waals surface area contributed by atoms with Gasteiger partial charge < -0.3 is 24.7 Å². The number of morpholine rings is 1. The Hall–Kier alpha value is -3.36. The van der Waals surface area contributed by atoms with Crippen molar-refractivity contribution in [2.45, 2.75) is 19.9 Å². The summed E-state index contributed by atoms with van der Waals surface area (Å²) in [7, 11) is 0. The Morgan fingerprint density at radius 3 is 2.71 bits per heavy atom. The maximum atomic E-state index is 13.2. The summed E-state index contributed by atoms with van der Waals surface area (Å²) in [5.74, 6) is 0.747. The van der Waals surface area contributed by atoms with Crippen molar-refractivity contribution >= 4 is 22.6 Å². The second-order valence-corrected chi connectivity index (χ2v) is 8.33. The molecule has 0 aliphatic carbocycles. The molecule has 1 aromatic heterocycles. The topological polar surface area (TPSA) is 86.9 Å². The minimum atomic E-state index is -0.226. The molecular formula is C26H32N4O4. The van der Waals surface area contributed by atoms with Gasteiger partial charge in [-0.25, -0.2) is 4.79 Å². The summed E-state index contributed by atoms with van der Waals surface area (Å²) in [5, 5.41) is 3.83. The van der Waals surface area contributed by atoms with Crippen LogP contribution in [0, 0.1) is 0 Å². The molecule has 1 fully saturated rings. The summed E-state index contributed by atoms with van der Waals surface area (Å²) >= 11 is 0. The fourth-order valence-corrected chi connectivity index (χ4v) is 4.10. The number of benzene rings is 2. The van der Waals surface area contributed by atoms with Crippen LogP contribution in [0.5, 0.6) is 5.75 Å². The molecule has 2 aromatic carbocycles. The normalized spacial score (nSPS) is 14.1. The van der Waals surface area contributed by atoms with Gasteiger partial charge in [0, 0.05) is 48.3 Å².